The third kappa shape index (κ3) is 3.78. The number of piperidine rings is 1. The number of rotatable bonds is 4. The van der Waals surface area contributed by atoms with Gasteiger partial charge in [0.05, 0.1) is 12.0 Å². The molecule has 1 fully saturated rings. The monoisotopic (exact) mass is 472 g/mol. The van der Waals surface area contributed by atoms with Crippen molar-refractivity contribution in [3.63, 3.8) is 0 Å². The van der Waals surface area contributed by atoms with E-state index in [9.17, 15) is 4.79 Å². The molecule has 7 nitrogen and oxygen atoms in total. The lowest BCUT2D eigenvalue weighted by atomic mass is 9.96. The molecule has 0 bridgehead atoms. The van der Waals surface area contributed by atoms with Gasteiger partial charge in [-0.2, -0.15) is 5.10 Å². The van der Waals surface area contributed by atoms with Crippen molar-refractivity contribution in [2.45, 2.75) is 18.8 Å². The Balaban J connectivity index is 1.24. The van der Waals surface area contributed by atoms with E-state index < -0.39 is 0 Å². The first-order valence-corrected chi connectivity index (χ1v) is 11.6. The predicted molar refractivity (Wildman–Crippen MR) is 128 cm³/mol. The second kappa shape index (κ2) is 8.50. The highest BCUT2D eigenvalue weighted by atomic mass is 35.5. The zero-order valence-electron chi connectivity index (χ0n) is 18.2. The van der Waals surface area contributed by atoms with E-state index in [1.807, 2.05) is 53.4 Å². The number of hydrogen-bond donors (Lipinski definition) is 0. The predicted octanol–water partition coefficient (Wildman–Crippen LogP) is 5.95. The zero-order valence-corrected chi connectivity index (χ0v) is 19.0. The quantitative estimate of drug-likeness (QED) is 0.323. The Labute approximate surface area is 200 Å². The highest BCUT2D eigenvalue weighted by molar-refractivity contribution is 6.30. The van der Waals surface area contributed by atoms with Gasteiger partial charge in [-0.3, -0.25) is 4.79 Å². The lowest BCUT2D eigenvalue weighted by Gasteiger charge is -2.30. The molecule has 0 atom stereocenters. The largest absolute Gasteiger partial charge is 0.463 e. The molecule has 8 heteroatoms. The van der Waals surface area contributed by atoms with E-state index in [4.69, 9.17) is 20.4 Å². The summed E-state index contributed by atoms with van der Waals surface area (Å²) in [7, 11) is 0. The number of oxazole rings is 1. The van der Waals surface area contributed by atoms with Crippen LogP contribution in [0.25, 0.3) is 28.2 Å². The van der Waals surface area contributed by atoms with Gasteiger partial charge in [0.25, 0.3) is 5.91 Å². The maximum absolute atomic E-state index is 13.4. The molecule has 1 amide bonds. The van der Waals surface area contributed by atoms with Crippen LogP contribution in [-0.2, 0) is 0 Å². The fourth-order valence-electron chi connectivity index (χ4n) is 4.45. The van der Waals surface area contributed by atoms with E-state index in [1.54, 1.807) is 29.1 Å². The van der Waals surface area contributed by atoms with E-state index in [2.05, 4.69) is 10.1 Å². The number of aromatic nitrogens is 3. The molecule has 6 rings (SSSR count). The van der Waals surface area contributed by atoms with E-state index in [1.165, 1.54) is 0 Å². The fourth-order valence-corrected chi connectivity index (χ4v) is 4.63. The maximum atomic E-state index is 13.4. The maximum Gasteiger partial charge on any atom is 0.274 e. The average molecular weight is 473 g/mol. The van der Waals surface area contributed by atoms with Gasteiger partial charge in [0, 0.05) is 30.1 Å². The van der Waals surface area contributed by atoms with Crippen molar-refractivity contribution in [3.05, 3.63) is 89.6 Å². The zero-order chi connectivity index (χ0) is 23.1. The minimum Gasteiger partial charge on any atom is -0.463 e. The first-order chi connectivity index (χ1) is 16.7. The van der Waals surface area contributed by atoms with Crippen molar-refractivity contribution in [2.75, 3.05) is 13.1 Å². The van der Waals surface area contributed by atoms with Crippen LogP contribution in [0.2, 0.25) is 5.02 Å². The number of fused-ring (bicyclic) bond motifs is 1. The van der Waals surface area contributed by atoms with Crippen molar-refractivity contribution >= 4 is 28.6 Å². The van der Waals surface area contributed by atoms with E-state index in [-0.39, 0.29) is 11.8 Å². The summed E-state index contributed by atoms with van der Waals surface area (Å²) in [5.41, 5.74) is 3.48. The molecule has 0 radical (unpaired) electrons. The second-order valence-electron chi connectivity index (χ2n) is 8.37. The number of nitrogens with zero attached hydrogens (tertiary/aromatic N) is 4. The molecule has 1 aliphatic heterocycles. The summed E-state index contributed by atoms with van der Waals surface area (Å²) in [5, 5.41) is 5.22. The van der Waals surface area contributed by atoms with Crippen LogP contribution in [0.3, 0.4) is 0 Å². The molecule has 0 N–H and O–H groups in total. The minimum atomic E-state index is -0.107. The molecule has 0 saturated carbocycles. The molecule has 4 heterocycles. The van der Waals surface area contributed by atoms with Gasteiger partial charge in [-0.1, -0.05) is 29.8 Å². The van der Waals surface area contributed by atoms with Gasteiger partial charge in [-0.05, 0) is 55.3 Å². The van der Waals surface area contributed by atoms with Gasteiger partial charge in [-0.25, -0.2) is 9.67 Å². The average Bonchev–Trinajstić information content (AvgIpc) is 3.63. The van der Waals surface area contributed by atoms with Gasteiger partial charge in [-0.15, -0.1) is 0 Å². The number of likely N-dealkylation sites (tertiary alicyclic amines) is 1. The summed E-state index contributed by atoms with van der Waals surface area (Å²) in [6.45, 7) is 1.23. The number of benzene rings is 2. The Bertz CT molecular complexity index is 1430. The van der Waals surface area contributed by atoms with Crippen molar-refractivity contribution in [1.29, 1.82) is 0 Å². The van der Waals surface area contributed by atoms with Gasteiger partial charge >= 0.3 is 0 Å². The van der Waals surface area contributed by atoms with Crippen molar-refractivity contribution in [2.24, 2.45) is 0 Å². The van der Waals surface area contributed by atoms with Gasteiger partial charge in [0.1, 0.15) is 11.2 Å². The van der Waals surface area contributed by atoms with Crippen LogP contribution in [0.4, 0.5) is 0 Å². The molecule has 34 heavy (non-hydrogen) atoms. The van der Waals surface area contributed by atoms with Crippen molar-refractivity contribution < 1.29 is 13.6 Å². The highest BCUT2D eigenvalue weighted by Crippen LogP contribution is 2.31. The molecular formula is C26H21ClN4O3. The Hall–Kier alpha value is -3.84. The van der Waals surface area contributed by atoms with Gasteiger partial charge in [0.15, 0.2) is 22.9 Å². The van der Waals surface area contributed by atoms with E-state index in [0.717, 1.165) is 35.5 Å². The molecule has 170 valence electrons. The standard InChI is InChI=1S/C26H21ClN4O3/c27-18-5-3-6-19(15-18)31-22(24-9-4-14-33-24)16-21(29-31)26(32)30-12-10-17(11-13-30)25-28-20-7-1-2-8-23(20)34-25/h1-9,14-17H,10-13H2. The van der Waals surface area contributed by atoms with Crippen LogP contribution < -0.4 is 0 Å². The Kier molecular flexibility index (Phi) is 5.19. The van der Waals surface area contributed by atoms with E-state index in [0.29, 0.717) is 35.3 Å². The molecule has 1 saturated heterocycles. The van der Waals surface area contributed by atoms with Crippen LogP contribution >= 0.6 is 11.6 Å². The Morgan fingerprint density at radius 2 is 1.85 bits per heavy atom. The summed E-state index contributed by atoms with van der Waals surface area (Å²) in [5.74, 6) is 1.46. The topological polar surface area (TPSA) is 77.3 Å². The van der Waals surface area contributed by atoms with Crippen LogP contribution in [0.5, 0.6) is 0 Å². The normalized spacial score (nSPS) is 14.7. The summed E-state index contributed by atoms with van der Waals surface area (Å²) in [4.78, 5) is 19.9. The molecule has 0 aliphatic carbocycles. The number of para-hydroxylation sites is 2. The number of carbonyl (C=O) groups is 1. The van der Waals surface area contributed by atoms with Crippen molar-refractivity contribution in [3.8, 4) is 17.1 Å². The molecule has 3 aromatic heterocycles. The molecule has 2 aromatic carbocycles. The van der Waals surface area contributed by atoms with E-state index >= 15 is 0 Å². The third-order valence-corrected chi connectivity index (χ3v) is 6.43. The number of hydrogen-bond acceptors (Lipinski definition) is 5. The first-order valence-electron chi connectivity index (χ1n) is 11.2. The number of furan rings is 1. The smallest absolute Gasteiger partial charge is 0.274 e. The molecule has 5 aromatic rings. The SMILES string of the molecule is O=C(c1cc(-c2ccco2)n(-c2cccc(Cl)c2)n1)N1CCC(c2nc3ccccc3o2)CC1. The van der Waals surface area contributed by atoms with Gasteiger partial charge < -0.3 is 13.7 Å². The molecule has 0 unspecified atom stereocenters. The second-order valence-corrected chi connectivity index (χ2v) is 8.81. The lowest BCUT2D eigenvalue weighted by Crippen LogP contribution is -2.38. The molecular weight excluding hydrogens is 452 g/mol. The van der Waals surface area contributed by atoms with Gasteiger partial charge in [0.2, 0.25) is 0 Å². The van der Waals surface area contributed by atoms with Crippen LogP contribution in [-0.4, -0.2) is 38.7 Å². The van der Waals surface area contributed by atoms with Crippen LogP contribution in [0.15, 0.2) is 81.8 Å². The summed E-state index contributed by atoms with van der Waals surface area (Å²) in [6, 6.07) is 20.6. The third-order valence-electron chi connectivity index (χ3n) is 6.20. The summed E-state index contributed by atoms with van der Waals surface area (Å²) < 4.78 is 13.3. The van der Waals surface area contributed by atoms with Crippen molar-refractivity contribution in [1.82, 2.24) is 19.7 Å². The van der Waals surface area contributed by atoms with Crippen LogP contribution in [0, 0.1) is 0 Å². The lowest BCUT2D eigenvalue weighted by molar-refractivity contribution is 0.0700. The summed E-state index contributed by atoms with van der Waals surface area (Å²) in [6.07, 6.45) is 3.18. The highest BCUT2D eigenvalue weighted by Gasteiger charge is 2.29. The molecule has 0 spiro atoms. The number of amides is 1. The minimum absolute atomic E-state index is 0.107. The Morgan fingerprint density at radius 3 is 2.62 bits per heavy atom. The number of carbonyl (C=O) groups excluding carboxylic acids is 1. The fraction of sp³-hybridized carbons (Fsp3) is 0.192. The Morgan fingerprint density at radius 1 is 1.00 bits per heavy atom. The van der Waals surface area contributed by atoms with Crippen LogP contribution in [0.1, 0.15) is 35.1 Å². The first kappa shape index (κ1) is 20.7. The number of halogens is 1. The summed E-state index contributed by atoms with van der Waals surface area (Å²) >= 11 is 6.20. The molecule has 1 aliphatic rings.